The van der Waals surface area contributed by atoms with E-state index in [0.29, 0.717) is 19.3 Å². The molecule has 2 N–H and O–H groups in total. The number of carbonyl (C=O) groups excluding carboxylic acids is 2. The third-order valence-corrected chi connectivity index (χ3v) is 9.18. The molecule has 0 aromatic heterocycles. The SMILES string of the molecule is [CH]C1CC(N(C)C)C(OC)C(OC2C(C)CC(C)C(=O)O[C@H](CC)C(C)(O)C(O)C(C)C(=O)C(C)CC2(C)C)O1. The highest BCUT2D eigenvalue weighted by Gasteiger charge is 2.49. The van der Waals surface area contributed by atoms with Crippen LogP contribution < -0.4 is 0 Å². The fourth-order valence-electron chi connectivity index (χ4n) is 6.93. The highest BCUT2D eigenvalue weighted by molar-refractivity contribution is 5.83. The van der Waals surface area contributed by atoms with Crippen LogP contribution in [0.3, 0.4) is 0 Å². The maximum atomic E-state index is 13.6. The first kappa shape index (κ1) is 35.1. The van der Waals surface area contributed by atoms with Gasteiger partial charge in [0.05, 0.1) is 24.2 Å². The van der Waals surface area contributed by atoms with Crippen LogP contribution in [0.25, 0.3) is 0 Å². The Hall–Kier alpha value is -1.10. The van der Waals surface area contributed by atoms with Gasteiger partial charge >= 0.3 is 5.97 Å². The van der Waals surface area contributed by atoms with Gasteiger partial charge in [0.15, 0.2) is 6.29 Å². The summed E-state index contributed by atoms with van der Waals surface area (Å²) in [7, 11) is 5.57. The topological polar surface area (TPSA) is 115 Å². The lowest BCUT2D eigenvalue weighted by Gasteiger charge is -2.47. The van der Waals surface area contributed by atoms with Gasteiger partial charge in [-0.2, -0.15) is 0 Å². The van der Waals surface area contributed by atoms with Crippen LogP contribution in [0.4, 0.5) is 0 Å². The quantitative estimate of drug-likeness (QED) is 0.480. The van der Waals surface area contributed by atoms with E-state index in [1.54, 1.807) is 27.9 Å². The number of hydrogen-bond acceptors (Lipinski definition) is 9. The van der Waals surface area contributed by atoms with Crippen LogP contribution in [0.1, 0.15) is 81.1 Å². The maximum Gasteiger partial charge on any atom is 0.309 e. The molecule has 0 aromatic carbocycles. The Morgan fingerprint density at radius 2 is 1.68 bits per heavy atom. The van der Waals surface area contributed by atoms with Crippen molar-refractivity contribution in [3.63, 3.8) is 0 Å². The van der Waals surface area contributed by atoms with Crippen molar-refractivity contribution in [2.75, 3.05) is 21.2 Å². The van der Waals surface area contributed by atoms with Gasteiger partial charge in [0.25, 0.3) is 0 Å². The Morgan fingerprint density at radius 3 is 2.20 bits per heavy atom. The molecule has 232 valence electrons. The van der Waals surface area contributed by atoms with Gasteiger partial charge in [0, 0.05) is 25.0 Å². The number of aliphatic hydroxyl groups is 2. The zero-order valence-electron chi connectivity index (χ0n) is 26.5. The number of cyclic esters (lactones) is 1. The minimum absolute atomic E-state index is 0.0220. The minimum atomic E-state index is -1.79. The second kappa shape index (κ2) is 13.9. The zero-order valence-corrected chi connectivity index (χ0v) is 26.5. The fourth-order valence-corrected chi connectivity index (χ4v) is 6.93. The lowest BCUT2D eigenvalue weighted by atomic mass is 9.70. The summed E-state index contributed by atoms with van der Waals surface area (Å²) < 4.78 is 24.5. The summed E-state index contributed by atoms with van der Waals surface area (Å²) in [6.45, 7) is 20.9. The Labute approximate surface area is 242 Å². The minimum Gasteiger partial charge on any atom is -0.459 e. The number of nitrogens with zero attached hydrogens (tertiary/aromatic N) is 1. The molecule has 0 aliphatic carbocycles. The van der Waals surface area contributed by atoms with E-state index in [9.17, 15) is 19.8 Å². The van der Waals surface area contributed by atoms with Crippen molar-refractivity contribution in [2.24, 2.45) is 29.1 Å². The number of ether oxygens (including phenoxy) is 4. The molecule has 2 saturated heterocycles. The van der Waals surface area contributed by atoms with E-state index >= 15 is 0 Å². The monoisotopic (exact) mass is 569 g/mol. The molecule has 2 heterocycles. The van der Waals surface area contributed by atoms with Crippen molar-refractivity contribution in [3.05, 3.63) is 6.92 Å². The van der Waals surface area contributed by atoms with Crippen molar-refractivity contribution in [2.45, 2.75) is 130 Å². The van der Waals surface area contributed by atoms with Gasteiger partial charge in [-0.15, -0.1) is 0 Å². The molecule has 0 spiro atoms. The number of aliphatic hydroxyl groups excluding tert-OH is 1. The third kappa shape index (κ3) is 7.84. The summed E-state index contributed by atoms with van der Waals surface area (Å²) in [6.07, 6.45) is -2.69. The van der Waals surface area contributed by atoms with Gasteiger partial charge in [0.2, 0.25) is 0 Å². The van der Waals surface area contributed by atoms with E-state index < -0.39 is 71.5 Å². The molecule has 11 unspecified atom stereocenters. The van der Waals surface area contributed by atoms with Crippen molar-refractivity contribution in [1.29, 1.82) is 0 Å². The molecule has 2 aliphatic heterocycles. The first-order chi connectivity index (χ1) is 18.4. The Balaban J connectivity index is 2.51. The third-order valence-electron chi connectivity index (χ3n) is 9.18. The molecule has 12 atom stereocenters. The standard InChI is InChI=1S/C31H55NO8/c1-13-23-31(9,36)26(34)21(6)24(33)19(4)16-30(7,8)27(17(2)14-18(3)28(35)39-23)40-29-25(37-12)22(32(10)11)15-20(5)38-29/h5,17-23,25-27,29,34,36H,13-16H2,1-4,6-12H3/t17?,18?,19?,20?,21?,22?,23-,25?,26?,27?,29?,31?/m1/s1. The molecule has 2 radical (unpaired) electrons. The lowest BCUT2D eigenvalue weighted by Crippen LogP contribution is -2.57. The molecule has 2 fully saturated rings. The highest BCUT2D eigenvalue weighted by Crippen LogP contribution is 2.41. The van der Waals surface area contributed by atoms with Crippen molar-refractivity contribution in [3.8, 4) is 0 Å². The number of methoxy groups -OCH3 is 1. The van der Waals surface area contributed by atoms with Gasteiger partial charge in [-0.25, -0.2) is 0 Å². The van der Waals surface area contributed by atoms with Crippen LogP contribution in [0.2, 0.25) is 0 Å². The predicted octanol–water partition coefficient (Wildman–Crippen LogP) is 3.51. The smallest absolute Gasteiger partial charge is 0.309 e. The summed E-state index contributed by atoms with van der Waals surface area (Å²) in [5.41, 5.74) is -2.33. The summed E-state index contributed by atoms with van der Waals surface area (Å²) >= 11 is 0. The van der Waals surface area contributed by atoms with Crippen LogP contribution in [-0.2, 0) is 28.5 Å². The van der Waals surface area contributed by atoms with E-state index in [4.69, 9.17) is 25.9 Å². The Kier molecular flexibility index (Phi) is 12.2. The number of Topliss-reactive ketones (excluding diaryl/α,β-unsaturated/α-hetero) is 1. The van der Waals surface area contributed by atoms with Crippen LogP contribution in [0.15, 0.2) is 0 Å². The molecule has 2 aliphatic rings. The van der Waals surface area contributed by atoms with Crippen LogP contribution in [0.5, 0.6) is 0 Å². The molecule has 0 saturated carbocycles. The number of rotatable bonds is 5. The van der Waals surface area contributed by atoms with Crippen LogP contribution in [-0.4, -0.2) is 96.5 Å². The normalized spacial score (nSPS) is 44.2. The number of hydrogen-bond donors (Lipinski definition) is 2. The fraction of sp³-hybridized carbons (Fsp3) is 0.903. The van der Waals surface area contributed by atoms with Crippen LogP contribution >= 0.6 is 0 Å². The van der Waals surface area contributed by atoms with E-state index in [1.807, 2.05) is 41.8 Å². The Bertz CT molecular complexity index is 845. The predicted molar refractivity (Wildman–Crippen MR) is 152 cm³/mol. The molecule has 40 heavy (non-hydrogen) atoms. The number of ketones is 1. The van der Waals surface area contributed by atoms with Gasteiger partial charge in [-0.1, -0.05) is 48.5 Å². The lowest BCUT2D eigenvalue weighted by molar-refractivity contribution is -0.288. The molecular formula is C31H55NO8. The summed E-state index contributed by atoms with van der Waals surface area (Å²) in [5.74, 6) is -2.57. The Morgan fingerprint density at radius 1 is 1.07 bits per heavy atom. The van der Waals surface area contributed by atoms with E-state index in [2.05, 4.69) is 4.90 Å². The largest absolute Gasteiger partial charge is 0.459 e. The van der Waals surface area contributed by atoms with Gasteiger partial charge < -0.3 is 34.1 Å². The first-order valence-corrected chi connectivity index (χ1v) is 14.8. The van der Waals surface area contributed by atoms with Crippen molar-refractivity contribution >= 4 is 11.8 Å². The number of esters is 1. The zero-order chi connectivity index (χ0) is 30.7. The van der Waals surface area contributed by atoms with Gasteiger partial charge in [-0.05, 0) is 65.0 Å². The highest BCUT2D eigenvalue weighted by atomic mass is 16.7. The molecule has 2 rings (SSSR count). The van der Waals surface area contributed by atoms with E-state index in [1.165, 1.54) is 6.92 Å². The average Bonchev–Trinajstić information content (AvgIpc) is 2.86. The first-order valence-electron chi connectivity index (χ1n) is 14.8. The molecule has 9 nitrogen and oxygen atoms in total. The summed E-state index contributed by atoms with van der Waals surface area (Å²) in [5, 5.41) is 22.4. The summed E-state index contributed by atoms with van der Waals surface area (Å²) in [4.78, 5) is 28.8. The van der Waals surface area contributed by atoms with Gasteiger partial charge in [-0.3, -0.25) is 9.59 Å². The molecule has 0 bridgehead atoms. The van der Waals surface area contributed by atoms with E-state index in [0.717, 1.165) is 0 Å². The average molecular weight is 570 g/mol. The van der Waals surface area contributed by atoms with Crippen molar-refractivity contribution < 1.29 is 38.7 Å². The number of likely N-dealkylation sites (N-methyl/N-ethyl adjacent to an activating group) is 1. The van der Waals surface area contributed by atoms with Crippen LogP contribution in [0, 0.1) is 36.0 Å². The second-order valence-electron chi connectivity index (χ2n) is 13.5. The van der Waals surface area contributed by atoms with E-state index in [-0.39, 0.29) is 24.2 Å². The molecule has 9 heteroatoms. The van der Waals surface area contributed by atoms with Crippen molar-refractivity contribution in [1.82, 2.24) is 4.90 Å². The summed E-state index contributed by atoms with van der Waals surface area (Å²) in [6, 6.07) is -0.0220. The molecular weight excluding hydrogens is 514 g/mol. The number of carbonyl (C=O) groups is 2. The molecule has 0 aromatic rings. The van der Waals surface area contributed by atoms with Gasteiger partial charge in [0.1, 0.15) is 23.6 Å². The maximum absolute atomic E-state index is 13.6. The molecule has 0 amide bonds. The second-order valence-corrected chi connectivity index (χ2v) is 13.5.